The van der Waals surface area contributed by atoms with E-state index in [1.807, 2.05) is 43.3 Å². The van der Waals surface area contributed by atoms with Gasteiger partial charge < -0.3 is 4.74 Å². The van der Waals surface area contributed by atoms with E-state index < -0.39 is 0 Å². The van der Waals surface area contributed by atoms with Crippen LogP contribution in [0.3, 0.4) is 0 Å². The standard InChI is InChI=1S/C20H19N3O2S/c1-14(12-25-2)23-19(24)17-8-3-4-9-18(17)22-20(23)26-13-16-7-5-6-15(10-16)11-21/h3-10,14H,12-13H2,1-2H3/t14-/m1/s1. The molecule has 132 valence electrons. The largest absolute Gasteiger partial charge is 0.383 e. The summed E-state index contributed by atoms with van der Waals surface area (Å²) in [7, 11) is 1.62. The van der Waals surface area contributed by atoms with Crippen LogP contribution in [0.25, 0.3) is 10.9 Å². The first-order chi connectivity index (χ1) is 12.6. The molecule has 26 heavy (non-hydrogen) atoms. The number of hydrogen-bond donors (Lipinski definition) is 0. The molecule has 1 aromatic heterocycles. The summed E-state index contributed by atoms with van der Waals surface area (Å²) in [6, 6.07) is 16.9. The summed E-state index contributed by atoms with van der Waals surface area (Å²) in [5.74, 6) is 0.625. The molecule has 3 aromatic rings. The molecular formula is C20H19N3O2S. The molecule has 5 nitrogen and oxygen atoms in total. The maximum absolute atomic E-state index is 13.0. The fraction of sp³-hybridized carbons (Fsp3) is 0.250. The Morgan fingerprint density at radius 2 is 2.08 bits per heavy atom. The lowest BCUT2D eigenvalue weighted by atomic mass is 10.2. The number of benzene rings is 2. The van der Waals surface area contributed by atoms with Gasteiger partial charge in [0.25, 0.3) is 5.56 Å². The van der Waals surface area contributed by atoms with Crippen LogP contribution in [-0.4, -0.2) is 23.3 Å². The summed E-state index contributed by atoms with van der Waals surface area (Å²) in [5, 5.41) is 10.3. The molecule has 0 fully saturated rings. The van der Waals surface area contributed by atoms with Crippen LogP contribution in [0.4, 0.5) is 0 Å². The molecule has 0 spiro atoms. The Kier molecular flexibility index (Phi) is 5.71. The molecule has 3 rings (SSSR count). The summed E-state index contributed by atoms with van der Waals surface area (Å²) < 4.78 is 6.94. The normalized spacial score (nSPS) is 12.0. The van der Waals surface area contributed by atoms with Gasteiger partial charge in [0.2, 0.25) is 0 Å². The van der Waals surface area contributed by atoms with E-state index in [0.29, 0.717) is 34.0 Å². The van der Waals surface area contributed by atoms with Gasteiger partial charge in [-0.15, -0.1) is 0 Å². The van der Waals surface area contributed by atoms with Crippen LogP contribution in [0.5, 0.6) is 0 Å². The van der Waals surface area contributed by atoms with E-state index in [-0.39, 0.29) is 11.6 Å². The Morgan fingerprint density at radius 1 is 1.27 bits per heavy atom. The molecule has 0 aliphatic rings. The van der Waals surface area contributed by atoms with Crippen molar-refractivity contribution in [3.8, 4) is 6.07 Å². The molecule has 0 unspecified atom stereocenters. The number of nitriles is 1. The zero-order chi connectivity index (χ0) is 18.5. The smallest absolute Gasteiger partial charge is 0.262 e. The number of para-hydroxylation sites is 1. The molecule has 1 heterocycles. The van der Waals surface area contributed by atoms with E-state index in [9.17, 15) is 4.79 Å². The fourth-order valence-electron chi connectivity index (χ4n) is 2.81. The van der Waals surface area contributed by atoms with Crippen LogP contribution in [0.1, 0.15) is 24.1 Å². The Labute approximate surface area is 156 Å². The second-order valence-corrected chi connectivity index (χ2v) is 6.93. The average molecular weight is 365 g/mol. The molecule has 2 aromatic carbocycles. The Hall–Kier alpha value is -2.62. The first-order valence-corrected chi connectivity index (χ1v) is 9.24. The van der Waals surface area contributed by atoms with E-state index in [1.54, 1.807) is 23.8 Å². The third-order valence-corrected chi connectivity index (χ3v) is 5.07. The Morgan fingerprint density at radius 3 is 2.85 bits per heavy atom. The van der Waals surface area contributed by atoms with Crippen LogP contribution in [-0.2, 0) is 10.5 Å². The van der Waals surface area contributed by atoms with Crippen molar-refractivity contribution in [1.82, 2.24) is 9.55 Å². The lowest BCUT2D eigenvalue weighted by Gasteiger charge is -2.19. The Bertz CT molecular complexity index is 1020. The number of fused-ring (bicyclic) bond motifs is 1. The topological polar surface area (TPSA) is 67.9 Å². The van der Waals surface area contributed by atoms with Gasteiger partial charge in [-0.2, -0.15) is 5.26 Å². The van der Waals surface area contributed by atoms with Gasteiger partial charge >= 0.3 is 0 Å². The van der Waals surface area contributed by atoms with E-state index in [2.05, 4.69) is 6.07 Å². The van der Waals surface area contributed by atoms with E-state index in [0.717, 1.165) is 5.56 Å². The highest BCUT2D eigenvalue weighted by molar-refractivity contribution is 7.98. The molecule has 0 aliphatic carbocycles. The first kappa shape index (κ1) is 18.2. The lowest BCUT2D eigenvalue weighted by molar-refractivity contribution is 0.156. The van der Waals surface area contributed by atoms with E-state index in [4.69, 9.17) is 15.0 Å². The van der Waals surface area contributed by atoms with Gasteiger partial charge in [0, 0.05) is 12.9 Å². The average Bonchev–Trinajstić information content (AvgIpc) is 2.66. The van der Waals surface area contributed by atoms with Crippen molar-refractivity contribution in [3.63, 3.8) is 0 Å². The summed E-state index contributed by atoms with van der Waals surface area (Å²) >= 11 is 1.49. The lowest BCUT2D eigenvalue weighted by Crippen LogP contribution is -2.28. The molecule has 0 saturated heterocycles. The molecule has 0 bridgehead atoms. The van der Waals surface area contributed by atoms with Gasteiger partial charge in [0.1, 0.15) is 0 Å². The van der Waals surface area contributed by atoms with Crippen molar-refractivity contribution in [2.24, 2.45) is 0 Å². The van der Waals surface area contributed by atoms with Gasteiger partial charge in [-0.25, -0.2) is 4.98 Å². The van der Waals surface area contributed by atoms with Crippen molar-refractivity contribution in [1.29, 1.82) is 5.26 Å². The molecule has 6 heteroatoms. The minimum atomic E-state index is -0.127. The minimum absolute atomic E-state index is 0.0616. The highest BCUT2D eigenvalue weighted by Gasteiger charge is 2.16. The van der Waals surface area contributed by atoms with Crippen molar-refractivity contribution in [3.05, 3.63) is 70.0 Å². The monoisotopic (exact) mass is 365 g/mol. The maximum Gasteiger partial charge on any atom is 0.262 e. The molecule has 0 saturated carbocycles. The molecular weight excluding hydrogens is 346 g/mol. The van der Waals surface area contributed by atoms with Crippen molar-refractivity contribution < 1.29 is 4.74 Å². The number of rotatable bonds is 6. The van der Waals surface area contributed by atoms with Crippen LogP contribution < -0.4 is 5.56 Å². The molecule has 0 radical (unpaired) electrons. The van der Waals surface area contributed by atoms with Gasteiger partial charge in [-0.05, 0) is 36.8 Å². The maximum atomic E-state index is 13.0. The van der Waals surface area contributed by atoms with Crippen LogP contribution >= 0.6 is 11.8 Å². The van der Waals surface area contributed by atoms with E-state index in [1.165, 1.54) is 11.8 Å². The zero-order valence-electron chi connectivity index (χ0n) is 14.7. The predicted molar refractivity (Wildman–Crippen MR) is 103 cm³/mol. The summed E-state index contributed by atoms with van der Waals surface area (Å²) in [4.78, 5) is 17.7. The number of nitrogens with zero attached hydrogens (tertiary/aromatic N) is 3. The number of thioether (sulfide) groups is 1. The van der Waals surface area contributed by atoms with E-state index >= 15 is 0 Å². The van der Waals surface area contributed by atoms with Gasteiger partial charge in [0.05, 0.1) is 35.2 Å². The number of methoxy groups -OCH3 is 1. The molecule has 0 N–H and O–H groups in total. The summed E-state index contributed by atoms with van der Waals surface area (Å²) in [6.07, 6.45) is 0. The SMILES string of the molecule is COC[C@@H](C)n1c(SCc2cccc(C#N)c2)nc2ccccc2c1=O. The third kappa shape index (κ3) is 3.79. The second-order valence-electron chi connectivity index (χ2n) is 5.99. The number of aromatic nitrogens is 2. The highest BCUT2D eigenvalue weighted by atomic mass is 32.2. The van der Waals surface area contributed by atoms with Crippen LogP contribution in [0.15, 0.2) is 58.5 Å². The second kappa shape index (κ2) is 8.17. The van der Waals surface area contributed by atoms with Crippen LogP contribution in [0.2, 0.25) is 0 Å². The quantitative estimate of drug-likeness (QED) is 0.491. The predicted octanol–water partition coefficient (Wildman–Crippen LogP) is 3.77. The van der Waals surface area contributed by atoms with Crippen LogP contribution in [0, 0.1) is 11.3 Å². The van der Waals surface area contributed by atoms with Crippen molar-refractivity contribution in [2.45, 2.75) is 23.9 Å². The van der Waals surface area contributed by atoms with Gasteiger partial charge in [-0.1, -0.05) is 36.0 Å². The Balaban J connectivity index is 2.01. The summed E-state index contributed by atoms with van der Waals surface area (Å²) in [5.41, 5.74) is 2.27. The van der Waals surface area contributed by atoms with Crippen molar-refractivity contribution >= 4 is 22.7 Å². The molecule has 1 atom stereocenters. The number of ether oxygens (including phenoxy) is 1. The van der Waals surface area contributed by atoms with Gasteiger partial charge in [0.15, 0.2) is 5.16 Å². The molecule has 0 aliphatic heterocycles. The fourth-order valence-corrected chi connectivity index (χ4v) is 3.85. The first-order valence-electron chi connectivity index (χ1n) is 8.26. The number of hydrogen-bond acceptors (Lipinski definition) is 5. The third-order valence-electron chi connectivity index (χ3n) is 4.05. The summed E-state index contributed by atoms with van der Waals surface area (Å²) in [6.45, 7) is 2.37. The van der Waals surface area contributed by atoms with Gasteiger partial charge in [-0.3, -0.25) is 9.36 Å². The molecule has 0 amide bonds. The van der Waals surface area contributed by atoms with Crippen molar-refractivity contribution in [2.75, 3.05) is 13.7 Å². The highest BCUT2D eigenvalue weighted by Crippen LogP contribution is 2.25. The zero-order valence-corrected chi connectivity index (χ0v) is 15.5. The minimum Gasteiger partial charge on any atom is -0.383 e.